The lowest BCUT2D eigenvalue weighted by molar-refractivity contribution is 0.637. The van der Waals surface area contributed by atoms with Gasteiger partial charge in [0.15, 0.2) is 0 Å². The quantitative estimate of drug-likeness (QED) is 0.300. The SMILES string of the molecule is Clc1cccc(N2CCN(c3nc(N(c4ccccc4)c4ccccc4)nc(-n4ccnc4)n3)CC2)c1. The summed E-state index contributed by atoms with van der Waals surface area (Å²) in [5.41, 5.74) is 3.06. The molecule has 1 aliphatic heterocycles. The Balaban J connectivity index is 1.38. The standard InChI is InChI=1S/C28H25ClN8/c29-22-8-7-13-25(20-22)34-16-18-35(19-17-34)26-31-27(36-15-14-30-21-36)33-28(32-26)37(23-9-3-1-4-10-23)24-11-5-2-6-12-24/h1-15,20-21H,16-19H2. The van der Waals surface area contributed by atoms with Gasteiger partial charge in [-0.1, -0.05) is 54.1 Å². The third-order valence-electron chi connectivity index (χ3n) is 6.30. The molecule has 3 heterocycles. The maximum absolute atomic E-state index is 6.23. The maximum atomic E-state index is 6.23. The highest BCUT2D eigenvalue weighted by Gasteiger charge is 2.24. The van der Waals surface area contributed by atoms with E-state index in [9.17, 15) is 0 Å². The molecule has 1 fully saturated rings. The van der Waals surface area contributed by atoms with Crippen LogP contribution in [-0.2, 0) is 0 Å². The van der Waals surface area contributed by atoms with Gasteiger partial charge in [0.2, 0.25) is 17.8 Å². The van der Waals surface area contributed by atoms with Crippen molar-refractivity contribution >= 4 is 40.6 Å². The molecule has 0 bridgehead atoms. The molecule has 6 rings (SSSR count). The fourth-order valence-electron chi connectivity index (χ4n) is 4.45. The molecule has 0 spiro atoms. The number of imidazole rings is 1. The minimum Gasteiger partial charge on any atom is -0.368 e. The number of hydrogen-bond acceptors (Lipinski definition) is 7. The maximum Gasteiger partial charge on any atom is 0.241 e. The van der Waals surface area contributed by atoms with Gasteiger partial charge in [0.05, 0.1) is 0 Å². The summed E-state index contributed by atoms with van der Waals surface area (Å²) in [5, 5.41) is 0.744. The van der Waals surface area contributed by atoms with Gasteiger partial charge in [0, 0.05) is 60.7 Å². The minimum atomic E-state index is 0.520. The lowest BCUT2D eigenvalue weighted by Gasteiger charge is -2.36. The predicted molar refractivity (Wildman–Crippen MR) is 148 cm³/mol. The number of anilines is 5. The van der Waals surface area contributed by atoms with Crippen LogP contribution in [0.4, 0.5) is 29.0 Å². The highest BCUT2D eigenvalue weighted by molar-refractivity contribution is 6.30. The lowest BCUT2D eigenvalue weighted by atomic mass is 10.2. The van der Waals surface area contributed by atoms with Gasteiger partial charge in [0.1, 0.15) is 6.33 Å². The number of halogens is 1. The summed E-state index contributed by atoms with van der Waals surface area (Å²) >= 11 is 6.23. The van der Waals surface area contributed by atoms with Gasteiger partial charge in [-0.3, -0.25) is 9.47 Å². The van der Waals surface area contributed by atoms with Crippen molar-refractivity contribution in [3.05, 3.63) is 109 Å². The van der Waals surface area contributed by atoms with Crippen LogP contribution in [0.15, 0.2) is 104 Å². The number of benzene rings is 3. The van der Waals surface area contributed by atoms with E-state index < -0.39 is 0 Å². The molecule has 0 aliphatic carbocycles. The second kappa shape index (κ2) is 10.3. The summed E-state index contributed by atoms with van der Waals surface area (Å²) in [7, 11) is 0. The van der Waals surface area contributed by atoms with Gasteiger partial charge >= 0.3 is 0 Å². The van der Waals surface area contributed by atoms with E-state index in [-0.39, 0.29) is 0 Å². The molecule has 0 unspecified atom stereocenters. The average Bonchev–Trinajstić information content (AvgIpc) is 3.50. The van der Waals surface area contributed by atoms with E-state index in [4.69, 9.17) is 26.6 Å². The molecular formula is C28H25ClN8. The van der Waals surface area contributed by atoms with Crippen LogP contribution in [0.25, 0.3) is 5.95 Å². The topological polar surface area (TPSA) is 66.2 Å². The Bertz CT molecular complexity index is 1410. The second-order valence-corrected chi connectivity index (χ2v) is 9.10. The Hall–Kier alpha value is -4.43. The van der Waals surface area contributed by atoms with E-state index in [1.807, 2.05) is 70.3 Å². The van der Waals surface area contributed by atoms with Crippen molar-refractivity contribution in [3.63, 3.8) is 0 Å². The van der Waals surface area contributed by atoms with Crippen molar-refractivity contribution in [2.24, 2.45) is 0 Å². The number of piperazine rings is 1. The van der Waals surface area contributed by atoms with Crippen LogP contribution in [0.5, 0.6) is 0 Å². The molecule has 8 nitrogen and oxygen atoms in total. The first kappa shape index (κ1) is 23.0. The minimum absolute atomic E-state index is 0.520. The second-order valence-electron chi connectivity index (χ2n) is 8.67. The molecule has 0 N–H and O–H groups in total. The van der Waals surface area contributed by atoms with Gasteiger partial charge in [-0.15, -0.1) is 0 Å². The molecule has 1 saturated heterocycles. The Morgan fingerprint density at radius 1 is 0.676 bits per heavy atom. The van der Waals surface area contributed by atoms with Crippen molar-refractivity contribution < 1.29 is 0 Å². The highest BCUT2D eigenvalue weighted by Crippen LogP contribution is 2.33. The third-order valence-corrected chi connectivity index (χ3v) is 6.54. The van der Waals surface area contributed by atoms with Crippen molar-refractivity contribution in [2.45, 2.75) is 0 Å². The number of aromatic nitrogens is 5. The average molecular weight is 509 g/mol. The summed E-state index contributed by atoms with van der Waals surface area (Å²) in [6.45, 7) is 3.22. The number of hydrogen-bond donors (Lipinski definition) is 0. The van der Waals surface area contributed by atoms with Gasteiger partial charge in [0.25, 0.3) is 0 Å². The van der Waals surface area contributed by atoms with Crippen LogP contribution >= 0.6 is 11.6 Å². The lowest BCUT2D eigenvalue weighted by Crippen LogP contribution is -2.47. The zero-order valence-electron chi connectivity index (χ0n) is 20.1. The largest absolute Gasteiger partial charge is 0.368 e. The highest BCUT2D eigenvalue weighted by atomic mass is 35.5. The smallest absolute Gasteiger partial charge is 0.241 e. The number of para-hydroxylation sites is 2. The Morgan fingerprint density at radius 3 is 1.95 bits per heavy atom. The van der Waals surface area contributed by atoms with Crippen LogP contribution < -0.4 is 14.7 Å². The van der Waals surface area contributed by atoms with E-state index in [0.717, 1.165) is 48.3 Å². The molecule has 184 valence electrons. The predicted octanol–water partition coefficient (Wildman–Crippen LogP) is 5.51. The van der Waals surface area contributed by atoms with Crippen LogP contribution in [0, 0.1) is 0 Å². The van der Waals surface area contributed by atoms with Gasteiger partial charge in [-0.05, 0) is 42.5 Å². The summed E-state index contributed by atoms with van der Waals surface area (Å²) in [4.78, 5) is 25.5. The molecule has 0 radical (unpaired) electrons. The molecule has 37 heavy (non-hydrogen) atoms. The fourth-order valence-corrected chi connectivity index (χ4v) is 4.63. The van der Waals surface area contributed by atoms with Crippen molar-refractivity contribution in [1.82, 2.24) is 24.5 Å². The number of rotatable bonds is 6. The fraction of sp³-hybridized carbons (Fsp3) is 0.143. The van der Waals surface area contributed by atoms with Crippen LogP contribution in [0.1, 0.15) is 0 Å². The molecule has 0 atom stereocenters. The van der Waals surface area contributed by atoms with Crippen molar-refractivity contribution in [3.8, 4) is 5.95 Å². The zero-order chi connectivity index (χ0) is 25.0. The van der Waals surface area contributed by atoms with Crippen molar-refractivity contribution in [1.29, 1.82) is 0 Å². The molecule has 2 aromatic heterocycles. The first-order chi connectivity index (χ1) is 18.2. The molecule has 9 heteroatoms. The Labute approximate surface area is 220 Å². The zero-order valence-corrected chi connectivity index (χ0v) is 20.9. The van der Waals surface area contributed by atoms with E-state index in [2.05, 4.69) is 45.1 Å². The molecule has 0 saturated carbocycles. The van der Waals surface area contributed by atoms with Gasteiger partial charge in [-0.2, -0.15) is 15.0 Å². The monoisotopic (exact) mass is 508 g/mol. The van der Waals surface area contributed by atoms with Gasteiger partial charge < -0.3 is 9.80 Å². The van der Waals surface area contributed by atoms with Crippen LogP contribution in [0.3, 0.4) is 0 Å². The summed E-state index contributed by atoms with van der Waals surface area (Å²) < 4.78 is 1.81. The van der Waals surface area contributed by atoms with Crippen LogP contribution in [0.2, 0.25) is 5.02 Å². The molecule has 0 amide bonds. The van der Waals surface area contributed by atoms with Gasteiger partial charge in [-0.25, -0.2) is 4.98 Å². The molecular weight excluding hydrogens is 484 g/mol. The summed E-state index contributed by atoms with van der Waals surface area (Å²) in [6.07, 6.45) is 5.27. The first-order valence-corrected chi connectivity index (χ1v) is 12.5. The molecule has 1 aliphatic rings. The van der Waals surface area contributed by atoms with E-state index in [1.54, 1.807) is 12.5 Å². The Kier molecular flexibility index (Phi) is 6.39. The molecule has 5 aromatic rings. The summed E-state index contributed by atoms with van der Waals surface area (Å²) in [5.74, 6) is 1.70. The molecule has 3 aromatic carbocycles. The summed E-state index contributed by atoms with van der Waals surface area (Å²) in [6, 6.07) is 28.3. The van der Waals surface area contributed by atoms with E-state index in [0.29, 0.717) is 17.8 Å². The van der Waals surface area contributed by atoms with Crippen molar-refractivity contribution in [2.75, 3.05) is 40.9 Å². The Morgan fingerprint density at radius 2 is 1.32 bits per heavy atom. The normalized spacial score (nSPS) is 13.5. The van der Waals surface area contributed by atoms with E-state index >= 15 is 0 Å². The van der Waals surface area contributed by atoms with E-state index in [1.165, 1.54) is 0 Å². The first-order valence-electron chi connectivity index (χ1n) is 12.1. The number of nitrogens with zero attached hydrogens (tertiary/aromatic N) is 8. The third kappa shape index (κ3) is 4.96. The van der Waals surface area contributed by atoms with Crippen LogP contribution in [-0.4, -0.2) is 50.7 Å².